The van der Waals surface area contributed by atoms with Gasteiger partial charge < -0.3 is 14.8 Å². The summed E-state index contributed by atoms with van der Waals surface area (Å²) in [5.41, 5.74) is 1.56. The van der Waals surface area contributed by atoms with Crippen LogP contribution in [0.2, 0.25) is 0 Å². The number of carbonyl (C=O) groups is 1. The van der Waals surface area contributed by atoms with Crippen LogP contribution >= 0.6 is 0 Å². The fourth-order valence-corrected chi connectivity index (χ4v) is 2.92. The minimum atomic E-state index is -0.0898. The molecule has 1 amide bonds. The maximum absolute atomic E-state index is 12.2. The van der Waals surface area contributed by atoms with Gasteiger partial charge in [0.15, 0.2) is 0 Å². The first-order valence-corrected chi connectivity index (χ1v) is 8.30. The molecule has 6 heteroatoms. The van der Waals surface area contributed by atoms with Crippen LogP contribution in [0.3, 0.4) is 0 Å². The van der Waals surface area contributed by atoms with Crippen molar-refractivity contribution < 1.29 is 14.3 Å². The van der Waals surface area contributed by atoms with Gasteiger partial charge in [0.2, 0.25) is 5.91 Å². The zero-order valence-electron chi connectivity index (χ0n) is 13.9. The van der Waals surface area contributed by atoms with Gasteiger partial charge in [-0.15, -0.1) is 0 Å². The number of carbonyl (C=O) groups excluding carboxylic acids is 1. The smallest absolute Gasteiger partial charge is 0.229 e. The number of nitrogens with zero attached hydrogens (tertiary/aromatic N) is 2. The molecule has 1 aromatic heterocycles. The van der Waals surface area contributed by atoms with E-state index in [1.165, 1.54) is 6.42 Å². The molecule has 3 rings (SSSR count). The molecule has 1 atom stereocenters. The number of rotatable bonds is 6. The highest BCUT2D eigenvalue weighted by Gasteiger charge is 2.15. The Labute approximate surface area is 141 Å². The molecule has 0 radical (unpaired) electrons. The van der Waals surface area contributed by atoms with Crippen LogP contribution in [0.15, 0.2) is 36.7 Å². The van der Waals surface area contributed by atoms with Crippen molar-refractivity contribution in [3.05, 3.63) is 42.2 Å². The van der Waals surface area contributed by atoms with E-state index in [0.29, 0.717) is 5.69 Å². The molecule has 128 valence electrons. The van der Waals surface area contributed by atoms with Crippen LogP contribution in [0.5, 0.6) is 5.75 Å². The van der Waals surface area contributed by atoms with Crippen molar-refractivity contribution in [2.45, 2.75) is 38.3 Å². The summed E-state index contributed by atoms with van der Waals surface area (Å²) in [4.78, 5) is 12.2. The van der Waals surface area contributed by atoms with Crippen LogP contribution in [0.1, 0.15) is 24.8 Å². The fraction of sp³-hybridized carbons (Fsp3) is 0.444. The minimum Gasteiger partial charge on any atom is -0.496 e. The number of aromatic nitrogens is 2. The molecule has 1 fully saturated rings. The highest BCUT2D eigenvalue weighted by atomic mass is 16.5. The molecule has 24 heavy (non-hydrogen) atoms. The van der Waals surface area contributed by atoms with Crippen molar-refractivity contribution >= 4 is 11.6 Å². The number of anilines is 1. The van der Waals surface area contributed by atoms with Gasteiger partial charge in [-0.2, -0.15) is 5.10 Å². The number of nitrogens with one attached hydrogen (secondary N) is 1. The molecule has 2 aromatic rings. The van der Waals surface area contributed by atoms with Gasteiger partial charge in [-0.05, 0) is 25.3 Å². The van der Waals surface area contributed by atoms with Gasteiger partial charge in [0, 0.05) is 18.4 Å². The molecule has 1 N–H and O–H groups in total. The number of benzene rings is 1. The molecule has 6 nitrogen and oxygen atoms in total. The lowest BCUT2D eigenvalue weighted by Crippen LogP contribution is -2.24. The molecule has 0 unspecified atom stereocenters. The Morgan fingerprint density at radius 3 is 3.08 bits per heavy atom. The quantitative estimate of drug-likeness (QED) is 0.885. The third kappa shape index (κ3) is 4.35. The second kappa shape index (κ2) is 7.97. The van der Waals surface area contributed by atoms with Gasteiger partial charge in [0.1, 0.15) is 5.75 Å². The van der Waals surface area contributed by atoms with E-state index in [1.54, 1.807) is 13.3 Å². The maximum atomic E-state index is 12.2. The van der Waals surface area contributed by atoms with Crippen LogP contribution in [-0.2, 0) is 22.5 Å². The summed E-state index contributed by atoms with van der Waals surface area (Å²) in [6, 6.07) is 7.53. The van der Waals surface area contributed by atoms with Gasteiger partial charge >= 0.3 is 0 Å². The molecule has 2 heterocycles. The summed E-state index contributed by atoms with van der Waals surface area (Å²) in [7, 11) is 1.61. The number of ether oxygens (including phenoxy) is 2. The summed E-state index contributed by atoms with van der Waals surface area (Å²) in [5, 5.41) is 7.18. The van der Waals surface area contributed by atoms with Crippen LogP contribution in [0, 0.1) is 0 Å². The summed E-state index contributed by atoms with van der Waals surface area (Å²) < 4.78 is 12.8. The van der Waals surface area contributed by atoms with Gasteiger partial charge in [0.05, 0.1) is 38.1 Å². The highest BCUT2D eigenvalue weighted by Crippen LogP contribution is 2.19. The van der Waals surface area contributed by atoms with Crippen molar-refractivity contribution in [2.75, 3.05) is 19.0 Å². The highest BCUT2D eigenvalue weighted by molar-refractivity contribution is 5.92. The lowest BCUT2D eigenvalue weighted by molar-refractivity contribution is -0.115. The molecule has 1 aromatic carbocycles. The van der Waals surface area contributed by atoms with E-state index in [0.717, 1.165) is 37.3 Å². The van der Waals surface area contributed by atoms with E-state index in [-0.39, 0.29) is 18.4 Å². The van der Waals surface area contributed by atoms with Crippen LogP contribution < -0.4 is 10.1 Å². The van der Waals surface area contributed by atoms with Crippen molar-refractivity contribution in [1.29, 1.82) is 0 Å². The van der Waals surface area contributed by atoms with Crippen molar-refractivity contribution in [3.63, 3.8) is 0 Å². The second-order valence-corrected chi connectivity index (χ2v) is 5.98. The number of hydrogen-bond donors (Lipinski definition) is 1. The molecule has 0 spiro atoms. The van der Waals surface area contributed by atoms with E-state index in [1.807, 2.05) is 35.1 Å². The zero-order valence-corrected chi connectivity index (χ0v) is 13.9. The average molecular weight is 329 g/mol. The fourth-order valence-electron chi connectivity index (χ4n) is 2.92. The Morgan fingerprint density at radius 2 is 2.29 bits per heavy atom. The van der Waals surface area contributed by atoms with Crippen LogP contribution in [0.4, 0.5) is 5.69 Å². The Hall–Kier alpha value is -2.34. The Kier molecular flexibility index (Phi) is 5.48. The SMILES string of the molecule is COc1ccccc1CC(=O)Nc1cnn(C[C@@H]2CCCCO2)c1. The Balaban J connectivity index is 1.55. The van der Waals surface area contributed by atoms with Crippen LogP contribution in [-0.4, -0.2) is 35.5 Å². The van der Waals surface area contributed by atoms with Crippen molar-refractivity contribution in [1.82, 2.24) is 9.78 Å². The Morgan fingerprint density at radius 1 is 1.42 bits per heavy atom. The van der Waals surface area contributed by atoms with E-state index in [2.05, 4.69) is 10.4 Å². The van der Waals surface area contributed by atoms with Crippen LogP contribution in [0.25, 0.3) is 0 Å². The largest absolute Gasteiger partial charge is 0.496 e. The zero-order chi connectivity index (χ0) is 16.8. The Bertz CT molecular complexity index is 678. The molecule has 1 aliphatic heterocycles. The van der Waals surface area contributed by atoms with E-state index >= 15 is 0 Å². The lowest BCUT2D eigenvalue weighted by Gasteiger charge is -2.22. The van der Waals surface area contributed by atoms with Gasteiger partial charge in [-0.1, -0.05) is 18.2 Å². The summed E-state index contributed by atoms with van der Waals surface area (Å²) in [6.07, 6.45) is 7.40. The molecular formula is C18H23N3O3. The summed E-state index contributed by atoms with van der Waals surface area (Å²) in [6.45, 7) is 1.55. The van der Waals surface area contributed by atoms with E-state index < -0.39 is 0 Å². The lowest BCUT2D eigenvalue weighted by atomic mass is 10.1. The monoisotopic (exact) mass is 329 g/mol. The maximum Gasteiger partial charge on any atom is 0.229 e. The van der Waals surface area contributed by atoms with Gasteiger partial charge in [-0.25, -0.2) is 0 Å². The second-order valence-electron chi connectivity index (χ2n) is 5.98. The first kappa shape index (κ1) is 16.5. The molecule has 1 saturated heterocycles. The number of methoxy groups -OCH3 is 1. The molecule has 0 aliphatic carbocycles. The number of hydrogen-bond acceptors (Lipinski definition) is 4. The van der Waals surface area contributed by atoms with Crippen molar-refractivity contribution in [3.8, 4) is 5.75 Å². The first-order chi connectivity index (χ1) is 11.7. The normalized spacial score (nSPS) is 17.5. The van der Waals surface area contributed by atoms with Gasteiger partial charge in [0.25, 0.3) is 0 Å². The van der Waals surface area contributed by atoms with Crippen molar-refractivity contribution in [2.24, 2.45) is 0 Å². The number of para-hydroxylation sites is 1. The van der Waals surface area contributed by atoms with E-state index in [4.69, 9.17) is 9.47 Å². The third-order valence-corrected chi connectivity index (χ3v) is 4.13. The topological polar surface area (TPSA) is 65.4 Å². The minimum absolute atomic E-state index is 0.0898. The predicted octanol–water partition coefficient (Wildman–Crippen LogP) is 2.64. The molecule has 0 saturated carbocycles. The summed E-state index contributed by atoms with van der Waals surface area (Å²) >= 11 is 0. The standard InChI is InChI=1S/C18H23N3O3/c1-23-17-8-3-2-6-14(17)10-18(22)20-15-11-19-21(12-15)13-16-7-4-5-9-24-16/h2-3,6,8,11-12,16H,4-5,7,9-10,13H2,1H3,(H,20,22)/t16-/m0/s1. The third-order valence-electron chi connectivity index (χ3n) is 4.13. The molecular weight excluding hydrogens is 306 g/mol. The first-order valence-electron chi connectivity index (χ1n) is 8.30. The molecule has 1 aliphatic rings. The number of amides is 1. The van der Waals surface area contributed by atoms with Gasteiger partial charge in [-0.3, -0.25) is 9.48 Å². The van der Waals surface area contributed by atoms with E-state index in [9.17, 15) is 4.79 Å². The average Bonchev–Trinajstić information content (AvgIpc) is 3.03. The molecule has 0 bridgehead atoms. The summed E-state index contributed by atoms with van der Waals surface area (Å²) in [5.74, 6) is 0.630. The predicted molar refractivity (Wildman–Crippen MR) is 91.1 cm³/mol.